The van der Waals surface area contributed by atoms with Crippen LogP contribution < -0.4 is 10.5 Å². The van der Waals surface area contributed by atoms with Gasteiger partial charge in [-0.3, -0.25) is 4.72 Å². The molecule has 0 aliphatic heterocycles. The van der Waals surface area contributed by atoms with E-state index in [4.69, 9.17) is 22.5 Å². The lowest BCUT2D eigenvalue weighted by atomic mass is 10.2. The van der Waals surface area contributed by atoms with Crippen molar-refractivity contribution in [2.75, 3.05) is 4.72 Å². The summed E-state index contributed by atoms with van der Waals surface area (Å²) in [5, 5.41) is 3.64. The second kappa shape index (κ2) is 5.74. The molecule has 0 atom stereocenters. The molecule has 2 aromatic rings. The Bertz CT molecular complexity index is 796. The third kappa shape index (κ3) is 3.25. The first-order valence-electron chi connectivity index (χ1n) is 5.77. The van der Waals surface area contributed by atoms with Crippen LogP contribution in [0.4, 0.5) is 5.69 Å². The molecule has 1 heterocycles. The van der Waals surface area contributed by atoms with Crippen molar-refractivity contribution in [3.63, 3.8) is 0 Å². The Kier molecular flexibility index (Phi) is 4.35. The fourth-order valence-electron chi connectivity index (χ4n) is 1.81. The number of aromatic nitrogens is 1. The van der Waals surface area contributed by atoms with Crippen molar-refractivity contribution in [1.29, 1.82) is 0 Å². The lowest BCUT2D eigenvalue weighted by Gasteiger charge is -2.10. The summed E-state index contributed by atoms with van der Waals surface area (Å²) in [6.45, 7) is 3.11. The Morgan fingerprint density at radius 1 is 1.43 bits per heavy atom. The minimum Gasteiger partial charge on any atom is -0.389 e. The molecule has 0 saturated heterocycles. The number of thiocarbonyl (C=S) groups is 1. The van der Waals surface area contributed by atoms with E-state index in [-0.39, 0.29) is 15.6 Å². The second-order valence-corrected chi connectivity index (χ2v) is 7.23. The Morgan fingerprint density at radius 2 is 2.10 bits per heavy atom. The van der Waals surface area contributed by atoms with Crippen LogP contribution in [0, 0.1) is 13.8 Å². The van der Waals surface area contributed by atoms with E-state index in [1.807, 2.05) is 0 Å². The summed E-state index contributed by atoms with van der Waals surface area (Å²) < 4.78 is 32.7. The molecular weight excluding hydrogens is 378 g/mol. The van der Waals surface area contributed by atoms with Gasteiger partial charge in [0.05, 0.1) is 5.69 Å². The lowest BCUT2D eigenvalue weighted by Crippen LogP contribution is -2.15. The molecule has 0 radical (unpaired) electrons. The van der Waals surface area contributed by atoms with E-state index in [0.29, 0.717) is 21.4 Å². The van der Waals surface area contributed by atoms with Crippen LogP contribution in [0.3, 0.4) is 0 Å². The van der Waals surface area contributed by atoms with Crippen LogP contribution in [0.25, 0.3) is 0 Å². The molecule has 0 fully saturated rings. The number of anilines is 1. The molecule has 0 spiro atoms. The van der Waals surface area contributed by atoms with Crippen molar-refractivity contribution >= 4 is 48.8 Å². The number of hydrogen-bond acceptors (Lipinski definition) is 5. The summed E-state index contributed by atoms with van der Waals surface area (Å²) in [5.41, 5.74) is 6.84. The van der Waals surface area contributed by atoms with Crippen LogP contribution in [0.1, 0.15) is 17.0 Å². The maximum atomic E-state index is 12.4. The summed E-state index contributed by atoms with van der Waals surface area (Å²) in [6.07, 6.45) is 0. The predicted molar refractivity (Wildman–Crippen MR) is 86.8 cm³/mol. The van der Waals surface area contributed by atoms with Gasteiger partial charge in [-0.25, -0.2) is 8.42 Å². The molecule has 0 aliphatic rings. The highest BCUT2D eigenvalue weighted by atomic mass is 79.9. The number of nitrogens with two attached hydrogens (primary N) is 1. The number of sulfonamides is 1. The van der Waals surface area contributed by atoms with Gasteiger partial charge >= 0.3 is 0 Å². The summed E-state index contributed by atoms with van der Waals surface area (Å²) in [5.74, 6) is 0.232. The van der Waals surface area contributed by atoms with Crippen LogP contribution in [0.5, 0.6) is 0 Å². The van der Waals surface area contributed by atoms with Crippen LogP contribution in [-0.4, -0.2) is 18.6 Å². The zero-order valence-corrected chi connectivity index (χ0v) is 14.4. The molecule has 9 heteroatoms. The molecule has 0 bridgehead atoms. The average Bonchev–Trinajstić information content (AvgIpc) is 2.71. The van der Waals surface area contributed by atoms with Crippen molar-refractivity contribution in [2.45, 2.75) is 18.7 Å². The highest BCUT2D eigenvalue weighted by molar-refractivity contribution is 9.10. The van der Waals surface area contributed by atoms with Gasteiger partial charge in [-0.2, -0.15) is 0 Å². The van der Waals surface area contributed by atoms with Gasteiger partial charge in [0.2, 0.25) is 0 Å². The Balaban J connectivity index is 2.40. The van der Waals surface area contributed by atoms with Crippen LogP contribution in [0.15, 0.2) is 32.1 Å². The SMILES string of the molecule is Cc1noc(C)c1S(=O)(=O)Nc1ccc(C(N)=S)cc1Br. The summed E-state index contributed by atoms with van der Waals surface area (Å²) in [6, 6.07) is 4.86. The average molecular weight is 390 g/mol. The van der Waals surface area contributed by atoms with Gasteiger partial charge in [-0.1, -0.05) is 17.4 Å². The first kappa shape index (κ1) is 15.9. The molecule has 0 saturated carbocycles. The van der Waals surface area contributed by atoms with Crippen LogP contribution in [-0.2, 0) is 10.0 Å². The fraction of sp³-hybridized carbons (Fsp3) is 0.167. The highest BCUT2D eigenvalue weighted by Crippen LogP contribution is 2.28. The van der Waals surface area contributed by atoms with Crippen molar-refractivity contribution < 1.29 is 12.9 Å². The van der Waals surface area contributed by atoms with Gasteiger partial charge < -0.3 is 10.3 Å². The topological polar surface area (TPSA) is 98.2 Å². The minimum atomic E-state index is -3.79. The number of halogens is 1. The molecule has 0 unspecified atom stereocenters. The van der Waals surface area contributed by atoms with Gasteiger partial charge in [0.15, 0.2) is 10.7 Å². The van der Waals surface area contributed by atoms with E-state index in [1.165, 1.54) is 0 Å². The zero-order chi connectivity index (χ0) is 15.8. The van der Waals surface area contributed by atoms with Crippen molar-refractivity contribution in [3.05, 3.63) is 39.7 Å². The first-order chi connectivity index (χ1) is 9.72. The number of rotatable bonds is 4. The summed E-state index contributed by atoms with van der Waals surface area (Å²) in [4.78, 5) is 0.267. The molecule has 0 aliphatic carbocycles. The fourth-order valence-corrected chi connectivity index (χ4v) is 3.95. The molecular formula is C12H12BrN3O3S2. The Labute approximate surface area is 135 Å². The molecule has 1 aromatic heterocycles. The third-order valence-corrected chi connectivity index (χ3v) is 5.24. The monoisotopic (exact) mass is 389 g/mol. The smallest absolute Gasteiger partial charge is 0.267 e. The number of hydrogen-bond donors (Lipinski definition) is 2. The van der Waals surface area contributed by atoms with Crippen LogP contribution in [0.2, 0.25) is 0 Å². The molecule has 112 valence electrons. The molecule has 2 rings (SSSR count). The second-order valence-electron chi connectivity index (χ2n) is 4.32. The number of aryl methyl sites for hydroxylation is 2. The van der Waals surface area contributed by atoms with E-state index in [2.05, 4.69) is 25.8 Å². The first-order valence-corrected chi connectivity index (χ1v) is 8.46. The summed E-state index contributed by atoms with van der Waals surface area (Å²) in [7, 11) is -3.79. The van der Waals surface area contributed by atoms with E-state index in [9.17, 15) is 8.42 Å². The lowest BCUT2D eigenvalue weighted by molar-refractivity contribution is 0.390. The molecule has 3 N–H and O–H groups in total. The maximum absolute atomic E-state index is 12.4. The van der Waals surface area contributed by atoms with Crippen molar-refractivity contribution in [2.24, 2.45) is 5.73 Å². The summed E-state index contributed by atoms with van der Waals surface area (Å²) >= 11 is 8.16. The third-order valence-electron chi connectivity index (χ3n) is 2.73. The minimum absolute atomic E-state index is 0.0350. The van der Waals surface area contributed by atoms with E-state index in [0.717, 1.165) is 0 Å². The Morgan fingerprint density at radius 3 is 2.57 bits per heavy atom. The number of benzene rings is 1. The standard InChI is InChI=1S/C12H12BrN3O3S2/c1-6-11(7(2)19-15-6)21(17,18)16-10-4-3-8(12(14)20)5-9(10)13/h3-5,16H,1-2H3,(H2,14,20). The molecule has 1 aromatic carbocycles. The van der Waals surface area contributed by atoms with Gasteiger partial charge in [0.25, 0.3) is 10.0 Å². The van der Waals surface area contributed by atoms with Gasteiger partial charge in [0.1, 0.15) is 10.7 Å². The van der Waals surface area contributed by atoms with Crippen molar-refractivity contribution in [1.82, 2.24) is 5.16 Å². The van der Waals surface area contributed by atoms with Crippen LogP contribution >= 0.6 is 28.1 Å². The van der Waals surface area contributed by atoms with Gasteiger partial charge in [-0.05, 0) is 48.0 Å². The predicted octanol–water partition coefficient (Wildman–Crippen LogP) is 2.49. The largest absolute Gasteiger partial charge is 0.389 e. The van der Waals surface area contributed by atoms with E-state index >= 15 is 0 Å². The molecule has 0 amide bonds. The Hall–Kier alpha value is -1.45. The van der Waals surface area contributed by atoms with Gasteiger partial charge in [0, 0.05) is 10.0 Å². The number of nitrogens with zero attached hydrogens (tertiary/aromatic N) is 1. The maximum Gasteiger partial charge on any atom is 0.267 e. The van der Waals surface area contributed by atoms with E-state index < -0.39 is 10.0 Å². The van der Waals surface area contributed by atoms with E-state index in [1.54, 1.807) is 32.0 Å². The van der Waals surface area contributed by atoms with Crippen molar-refractivity contribution in [3.8, 4) is 0 Å². The normalized spacial score (nSPS) is 11.4. The zero-order valence-electron chi connectivity index (χ0n) is 11.2. The quantitative estimate of drug-likeness (QED) is 0.779. The molecule has 6 nitrogen and oxygen atoms in total. The van der Waals surface area contributed by atoms with Gasteiger partial charge in [-0.15, -0.1) is 0 Å². The number of nitrogens with one attached hydrogen (secondary N) is 1. The molecule has 21 heavy (non-hydrogen) atoms. The highest BCUT2D eigenvalue weighted by Gasteiger charge is 2.24.